The van der Waals surface area contributed by atoms with Crippen LogP contribution in [0.5, 0.6) is 5.75 Å². The second-order valence-corrected chi connectivity index (χ2v) is 5.56. The number of fused-ring (bicyclic) bond motifs is 1. The fourth-order valence-corrected chi connectivity index (χ4v) is 2.57. The summed E-state index contributed by atoms with van der Waals surface area (Å²) >= 11 is 0. The van der Waals surface area contributed by atoms with Crippen molar-refractivity contribution in [1.82, 2.24) is 5.32 Å². The molecule has 2 aromatic carbocycles. The van der Waals surface area contributed by atoms with Crippen LogP contribution in [-0.2, 0) is 4.79 Å². The zero-order valence-electron chi connectivity index (χ0n) is 13.2. The third kappa shape index (κ3) is 3.37. The topological polar surface area (TPSA) is 58.6 Å². The molecule has 0 saturated heterocycles. The van der Waals surface area contributed by atoms with Gasteiger partial charge in [-0.3, -0.25) is 9.59 Å². The van der Waals surface area contributed by atoms with Gasteiger partial charge in [0.05, 0.1) is 18.8 Å². The van der Waals surface area contributed by atoms with Gasteiger partial charge in [-0.05, 0) is 42.8 Å². The fraction of sp³-hybridized carbons (Fsp3) is 0.222. The Bertz CT molecular complexity index is 792. The van der Waals surface area contributed by atoms with Gasteiger partial charge in [-0.15, -0.1) is 0 Å². The number of rotatable bonds is 3. The van der Waals surface area contributed by atoms with Gasteiger partial charge in [0, 0.05) is 5.56 Å². The molecule has 0 atom stereocenters. The number of benzene rings is 2. The van der Waals surface area contributed by atoms with Crippen LogP contribution in [0.15, 0.2) is 42.5 Å². The van der Waals surface area contributed by atoms with Crippen LogP contribution in [0.25, 0.3) is 0 Å². The highest BCUT2D eigenvalue weighted by Gasteiger charge is 2.24. The molecule has 6 heteroatoms. The Morgan fingerprint density at radius 3 is 2.88 bits per heavy atom. The smallest absolute Gasteiger partial charge is 0.251 e. The summed E-state index contributed by atoms with van der Waals surface area (Å²) in [6.45, 7) is 2.61. The number of nitrogens with one attached hydrogen (secondary N) is 1. The highest BCUT2D eigenvalue weighted by Crippen LogP contribution is 2.32. The molecule has 1 aliphatic rings. The van der Waals surface area contributed by atoms with E-state index < -0.39 is 11.7 Å². The molecule has 2 aromatic rings. The van der Waals surface area contributed by atoms with E-state index in [9.17, 15) is 14.0 Å². The molecule has 5 nitrogen and oxygen atoms in total. The summed E-state index contributed by atoms with van der Waals surface area (Å²) in [6, 6.07) is 10.9. The van der Waals surface area contributed by atoms with Crippen molar-refractivity contribution in [3.63, 3.8) is 0 Å². The van der Waals surface area contributed by atoms with Gasteiger partial charge < -0.3 is 15.0 Å². The van der Waals surface area contributed by atoms with E-state index in [-0.39, 0.29) is 18.0 Å². The van der Waals surface area contributed by atoms with Crippen LogP contribution >= 0.6 is 0 Å². The molecular formula is C18H17FN2O3. The molecule has 24 heavy (non-hydrogen) atoms. The number of hydrogen-bond donors (Lipinski definition) is 1. The molecule has 1 N–H and O–H groups in total. The maximum absolute atomic E-state index is 13.1. The molecule has 124 valence electrons. The van der Waals surface area contributed by atoms with E-state index in [2.05, 4.69) is 5.32 Å². The molecule has 1 aliphatic heterocycles. The van der Waals surface area contributed by atoms with Gasteiger partial charge in [0.15, 0.2) is 0 Å². The van der Waals surface area contributed by atoms with Crippen molar-refractivity contribution in [2.24, 2.45) is 0 Å². The van der Waals surface area contributed by atoms with Crippen LogP contribution in [0.4, 0.5) is 10.1 Å². The number of ether oxygens (including phenoxy) is 1. The number of nitrogens with zero attached hydrogens (tertiary/aromatic N) is 1. The molecule has 0 bridgehead atoms. The van der Waals surface area contributed by atoms with Gasteiger partial charge in [0.2, 0.25) is 5.91 Å². The first kappa shape index (κ1) is 16.0. The average Bonchev–Trinajstić information content (AvgIpc) is 2.58. The highest BCUT2D eigenvalue weighted by molar-refractivity contribution is 6.01. The van der Waals surface area contributed by atoms with E-state index in [0.29, 0.717) is 24.6 Å². The highest BCUT2D eigenvalue weighted by atomic mass is 19.1. The monoisotopic (exact) mass is 328 g/mol. The lowest BCUT2D eigenvalue weighted by molar-refractivity contribution is -0.117. The lowest BCUT2D eigenvalue weighted by atomic mass is 10.1. The predicted molar refractivity (Wildman–Crippen MR) is 87.8 cm³/mol. The Kier molecular flexibility index (Phi) is 4.46. The molecule has 3 rings (SSSR count). The van der Waals surface area contributed by atoms with Crippen LogP contribution in [0.3, 0.4) is 0 Å². The quantitative estimate of drug-likeness (QED) is 0.940. The molecule has 0 aromatic heterocycles. The number of anilines is 1. The minimum absolute atomic E-state index is 0.164. The summed E-state index contributed by atoms with van der Waals surface area (Å²) in [7, 11) is 0. The van der Waals surface area contributed by atoms with Crippen molar-refractivity contribution in [2.75, 3.05) is 24.6 Å². The summed E-state index contributed by atoms with van der Waals surface area (Å²) in [6.07, 6.45) is 0. The van der Waals surface area contributed by atoms with E-state index in [1.807, 2.05) is 25.1 Å². The fourth-order valence-electron chi connectivity index (χ4n) is 2.57. The summed E-state index contributed by atoms with van der Waals surface area (Å²) in [4.78, 5) is 26.0. The molecule has 0 radical (unpaired) electrons. The number of carbonyl (C=O) groups is 2. The molecule has 0 unspecified atom stereocenters. The predicted octanol–water partition coefficient (Wildman–Crippen LogP) is 2.29. The Morgan fingerprint density at radius 2 is 2.08 bits per heavy atom. The van der Waals surface area contributed by atoms with Gasteiger partial charge in [-0.2, -0.15) is 0 Å². The van der Waals surface area contributed by atoms with Gasteiger partial charge >= 0.3 is 0 Å². The zero-order valence-corrected chi connectivity index (χ0v) is 13.2. The third-order valence-electron chi connectivity index (χ3n) is 3.77. The Labute approximate surface area is 139 Å². The van der Waals surface area contributed by atoms with Crippen LogP contribution in [0.1, 0.15) is 15.9 Å². The van der Waals surface area contributed by atoms with Crippen molar-refractivity contribution in [3.05, 3.63) is 59.4 Å². The largest absolute Gasteiger partial charge is 0.490 e. The number of aryl methyl sites for hydroxylation is 1. The number of halogens is 1. The first-order chi connectivity index (χ1) is 11.5. The summed E-state index contributed by atoms with van der Waals surface area (Å²) in [5.41, 5.74) is 1.92. The maximum Gasteiger partial charge on any atom is 0.251 e. The van der Waals surface area contributed by atoms with E-state index in [1.54, 1.807) is 4.90 Å². The van der Waals surface area contributed by atoms with Crippen molar-refractivity contribution in [1.29, 1.82) is 0 Å². The molecule has 0 aliphatic carbocycles. The molecule has 0 saturated carbocycles. The van der Waals surface area contributed by atoms with Crippen LogP contribution in [0, 0.1) is 12.7 Å². The van der Waals surface area contributed by atoms with E-state index in [1.165, 1.54) is 18.2 Å². The summed E-state index contributed by atoms with van der Waals surface area (Å²) in [5, 5.41) is 2.53. The van der Waals surface area contributed by atoms with Crippen molar-refractivity contribution in [2.45, 2.75) is 6.92 Å². The molecule has 2 amide bonds. The van der Waals surface area contributed by atoms with Crippen molar-refractivity contribution in [3.8, 4) is 5.75 Å². The SMILES string of the molecule is Cc1ccc2c(c1)OCCN2C(=O)CNC(=O)c1cccc(F)c1. The normalized spacial score (nSPS) is 13.0. The van der Waals surface area contributed by atoms with Gasteiger partial charge in [-0.25, -0.2) is 4.39 Å². The lowest BCUT2D eigenvalue weighted by Crippen LogP contribution is -2.44. The Balaban J connectivity index is 1.67. The van der Waals surface area contributed by atoms with Crippen LogP contribution in [0.2, 0.25) is 0 Å². The van der Waals surface area contributed by atoms with Gasteiger partial charge in [0.1, 0.15) is 18.2 Å². The average molecular weight is 328 g/mol. The molecule has 0 fully saturated rings. The van der Waals surface area contributed by atoms with Gasteiger partial charge in [0.25, 0.3) is 5.91 Å². The zero-order chi connectivity index (χ0) is 17.1. The second-order valence-electron chi connectivity index (χ2n) is 5.56. The molecular weight excluding hydrogens is 311 g/mol. The van der Waals surface area contributed by atoms with Gasteiger partial charge in [-0.1, -0.05) is 12.1 Å². The number of carbonyl (C=O) groups excluding carboxylic acids is 2. The Morgan fingerprint density at radius 1 is 1.25 bits per heavy atom. The minimum Gasteiger partial charge on any atom is -0.490 e. The Hall–Kier alpha value is -2.89. The first-order valence-electron chi connectivity index (χ1n) is 7.62. The summed E-state index contributed by atoms with van der Waals surface area (Å²) in [5.74, 6) is -0.564. The second kappa shape index (κ2) is 6.70. The number of hydrogen-bond acceptors (Lipinski definition) is 3. The summed E-state index contributed by atoms with van der Waals surface area (Å²) < 4.78 is 18.7. The van der Waals surface area contributed by atoms with Crippen LogP contribution in [-0.4, -0.2) is 31.5 Å². The molecule has 0 spiro atoms. The van der Waals surface area contributed by atoms with E-state index in [4.69, 9.17) is 4.74 Å². The van der Waals surface area contributed by atoms with Crippen molar-refractivity contribution < 1.29 is 18.7 Å². The maximum atomic E-state index is 13.1. The van der Waals surface area contributed by atoms with E-state index in [0.717, 1.165) is 11.6 Å². The minimum atomic E-state index is -0.494. The van der Waals surface area contributed by atoms with E-state index >= 15 is 0 Å². The van der Waals surface area contributed by atoms with Crippen LogP contribution < -0.4 is 15.0 Å². The standard InChI is InChI=1S/C18H17FN2O3/c1-12-5-6-15-16(9-12)24-8-7-21(15)17(22)11-20-18(23)13-3-2-4-14(19)10-13/h2-6,9-10H,7-8,11H2,1H3,(H,20,23). The molecule has 1 heterocycles. The first-order valence-corrected chi connectivity index (χ1v) is 7.62. The third-order valence-corrected chi connectivity index (χ3v) is 3.77. The number of amides is 2. The lowest BCUT2D eigenvalue weighted by Gasteiger charge is -2.29. The van der Waals surface area contributed by atoms with Crippen molar-refractivity contribution >= 4 is 17.5 Å².